The van der Waals surface area contributed by atoms with Gasteiger partial charge in [0.05, 0.1) is 16.5 Å². The Labute approximate surface area is 156 Å². The van der Waals surface area contributed by atoms with Crippen molar-refractivity contribution in [2.75, 3.05) is 5.01 Å². The van der Waals surface area contributed by atoms with E-state index in [1.807, 2.05) is 73.6 Å². The molecule has 0 aliphatic rings. The van der Waals surface area contributed by atoms with Crippen molar-refractivity contribution in [2.45, 2.75) is 60.8 Å². The summed E-state index contributed by atoms with van der Waals surface area (Å²) in [5.41, 5.74) is 4.53. The van der Waals surface area contributed by atoms with Crippen LogP contribution >= 0.6 is 0 Å². The highest BCUT2D eigenvalue weighted by Crippen LogP contribution is 2.34. The number of hydrogen-bond acceptors (Lipinski definition) is 4. The fourth-order valence-corrected chi connectivity index (χ4v) is 2.81. The van der Waals surface area contributed by atoms with Gasteiger partial charge in [0.2, 0.25) is 0 Å². The second kappa shape index (κ2) is 8.57. The molecule has 26 heavy (non-hydrogen) atoms. The zero-order valence-electron chi connectivity index (χ0n) is 17.0. The molecule has 0 saturated carbocycles. The third-order valence-corrected chi connectivity index (χ3v) is 3.89. The molecule has 0 saturated heterocycles. The zero-order valence-corrected chi connectivity index (χ0v) is 17.0. The minimum Gasteiger partial charge on any atom is -0.232 e. The third-order valence-electron chi connectivity index (χ3n) is 3.89. The molecule has 0 aliphatic carbocycles. The van der Waals surface area contributed by atoms with Gasteiger partial charge < -0.3 is 0 Å². The van der Waals surface area contributed by atoms with Crippen molar-refractivity contribution in [3.05, 3.63) is 57.1 Å². The maximum absolute atomic E-state index is 11.7. The maximum Gasteiger partial charge on any atom is 0.175 e. The lowest BCUT2D eigenvalue weighted by Gasteiger charge is -2.23. The van der Waals surface area contributed by atoms with Crippen LogP contribution in [0.4, 0.5) is 11.5 Å². The number of aromatic nitrogens is 1. The topological polar surface area (TPSA) is 69.3 Å². The van der Waals surface area contributed by atoms with Gasteiger partial charge in [-0.15, -0.1) is 4.91 Å². The van der Waals surface area contributed by atoms with E-state index in [1.54, 1.807) is 6.07 Å². The van der Waals surface area contributed by atoms with Crippen molar-refractivity contribution in [1.82, 2.24) is 4.98 Å². The van der Waals surface area contributed by atoms with Gasteiger partial charge in [-0.05, 0) is 44.0 Å². The van der Waals surface area contributed by atoms with Crippen LogP contribution in [-0.4, -0.2) is 4.98 Å². The van der Waals surface area contributed by atoms with E-state index in [2.05, 4.69) is 16.3 Å². The van der Waals surface area contributed by atoms with Gasteiger partial charge in [0, 0.05) is 11.1 Å². The molecule has 0 unspecified atom stereocenters. The summed E-state index contributed by atoms with van der Waals surface area (Å²) in [5, 5.41) is 13.8. The van der Waals surface area contributed by atoms with Crippen LogP contribution in [0.1, 0.15) is 62.6 Å². The van der Waals surface area contributed by atoms with Gasteiger partial charge in [-0.25, -0.2) is 4.98 Å². The molecule has 0 fully saturated rings. The van der Waals surface area contributed by atoms with E-state index in [0.717, 1.165) is 22.4 Å². The summed E-state index contributed by atoms with van der Waals surface area (Å²) in [7, 11) is 0. The quantitative estimate of drug-likeness (QED) is 0.500. The molecule has 0 atom stereocenters. The third kappa shape index (κ3) is 4.45. The van der Waals surface area contributed by atoms with E-state index < -0.39 is 0 Å². The molecule has 1 aromatic carbocycles. The molecule has 0 amide bonds. The number of aryl methyl sites for hydroxylation is 3. The fraction of sp³-hybridized carbons (Fsp3) is 0.429. The summed E-state index contributed by atoms with van der Waals surface area (Å²) < 4.78 is 0. The molecule has 0 N–H and O–H groups in total. The first-order valence-electron chi connectivity index (χ1n) is 8.82. The lowest BCUT2D eigenvalue weighted by Crippen LogP contribution is -2.19. The summed E-state index contributed by atoms with van der Waals surface area (Å²) >= 11 is 0. The number of nitriles is 1. The van der Waals surface area contributed by atoms with Gasteiger partial charge in [0.1, 0.15) is 6.07 Å². The molecule has 0 aliphatic heterocycles. The number of benzene rings is 1. The van der Waals surface area contributed by atoms with Gasteiger partial charge in [0.15, 0.2) is 5.82 Å². The Morgan fingerprint density at radius 3 is 2.04 bits per heavy atom. The molecule has 1 heterocycles. The first-order valence-corrected chi connectivity index (χ1v) is 8.82. The van der Waals surface area contributed by atoms with Crippen molar-refractivity contribution < 1.29 is 0 Å². The van der Waals surface area contributed by atoms with Gasteiger partial charge in [-0.2, -0.15) is 10.3 Å². The largest absolute Gasteiger partial charge is 0.232 e. The van der Waals surface area contributed by atoms with Crippen LogP contribution in [0.25, 0.3) is 0 Å². The second-order valence-electron chi connectivity index (χ2n) is 7.07. The molecule has 2 aromatic rings. The van der Waals surface area contributed by atoms with E-state index >= 15 is 0 Å². The first kappa shape index (κ1) is 21.3. The van der Waals surface area contributed by atoms with Crippen LogP contribution in [-0.2, 0) is 5.41 Å². The van der Waals surface area contributed by atoms with Crippen LogP contribution in [0.2, 0.25) is 0 Å². The van der Waals surface area contributed by atoms with E-state index in [-0.39, 0.29) is 11.2 Å². The summed E-state index contributed by atoms with van der Waals surface area (Å²) in [4.78, 5) is 16.2. The standard InChI is InChI=1S/C19H22N4O.C2H6/c1-12-9-13(2)17(14(3)10-12)23(22-24)18-15(11-20)7-8-16(21-18)19(4,5)6;1-2/h7-10H,1-6H3;1-2H3. The average molecular weight is 352 g/mol. The number of hydrogen-bond donors (Lipinski definition) is 0. The molecule has 0 spiro atoms. The summed E-state index contributed by atoms with van der Waals surface area (Å²) in [6.07, 6.45) is 0. The minimum atomic E-state index is -0.200. The Kier molecular flexibility index (Phi) is 7.02. The van der Waals surface area contributed by atoms with E-state index in [1.165, 1.54) is 5.01 Å². The molecule has 1 aromatic heterocycles. The second-order valence-corrected chi connectivity index (χ2v) is 7.07. The smallest absolute Gasteiger partial charge is 0.175 e. The first-order chi connectivity index (χ1) is 12.2. The highest BCUT2D eigenvalue weighted by molar-refractivity contribution is 5.71. The molecule has 2 rings (SSSR count). The number of rotatable bonds is 3. The Bertz CT molecular complexity index is 806. The average Bonchev–Trinajstić information content (AvgIpc) is 2.58. The minimum absolute atomic E-state index is 0.200. The summed E-state index contributed by atoms with van der Waals surface area (Å²) in [5.74, 6) is 0.273. The number of nitroso groups, excluding NO2 is 1. The van der Waals surface area contributed by atoms with Gasteiger partial charge >= 0.3 is 0 Å². The lowest BCUT2D eigenvalue weighted by atomic mass is 9.91. The SMILES string of the molecule is CC.Cc1cc(C)c(N(N=O)c2nc(C(C)(C)C)ccc2C#N)c(C)c1. The van der Waals surface area contributed by atoms with Crippen molar-refractivity contribution in [1.29, 1.82) is 5.26 Å². The molecule has 0 radical (unpaired) electrons. The van der Waals surface area contributed by atoms with Crippen molar-refractivity contribution in [3.63, 3.8) is 0 Å². The Hall–Kier alpha value is -2.74. The fourth-order valence-electron chi connectivity index (χ4n) is 2.81. The van der Waals surface area contributed by atoms with Crippen molar-refractivity contribution >= 4 is 11.5 Å². The highest BCUT2D eigenvalue weighted by Gasteiger charge is 2.24. The highest BCUT2D eigenvalue weighted by atomic mass is 16.3. The molecular formula is C21H28N4O. The van der Waals surface area contributed by atoms with Gasteiger partial charge in [0.25, 0.3) is 0 Å². The van der Waals surface area contributed by atoms with E-state index in [4.69, 9.17) is 0 Å². The maximum atomic E-state index is 11.7. The number of pyridine rings is 1. The van der Waals surface area contributed by atoms with Crippen molar-refractivity contribution in [2.24, 2.45) is 5.29 Å². The van der Waals surface area contributed by atoms with E-state index in [9.17, 15) is 10.2 Å². The number of anilines is 2. The summed E-state index contributed by atoms with van der Waals surface area (Å²) in [6.45, 7) is 16.0. The predicted octanol–water partition coefficient (Wildman–Crippen LogP) is 6.02. The molecule has 138 valence electrons. The summed E-state index contributed by atoms with van der Waals surface area (Å²) in [6, 6.07) is 9.59. The Morgan fingerprint density at radius 1 is 1.08 bits per heavy atom. The molecule has 5 heteroatoms. The predicted molar refractivity (Wildman–Crippen MR) is 108 cm³/mol. The van der Waals surface area contributed by atoms with E-state index in [0.29, 0.717) is 11.3 Å². The normalized spacial score (nSPS) is 10.4. The Morgan fingerprint density at radius 2 is 1.62 bits per heavy atom. The van der Waals surface area contributed by atoms with Crippen LogP contribution in [0, 0.1) is 37.0 Å². The molecular weight excluding hydrogens is 324 g/mol. The monoisotopic (exact) mass is 352 g/mol. The van der Waals surface area contributed by atoms with Gasteiger partial charge in [-0.3, -0.25) is 0 Å². The van der Waals surface area contributed by atoms with Crippen LogP contribution in [0.5, 0.6) is 0 Å². The Balaban J connectivity index is 0.00000163. The van der Waals surface area contributed by atoms with Crippen LogP contribution in [0.3, 0.4) is 0 Å². The molecule has 0 bridgehead atoms. The molecule has 5 nitrogen and oxygen atoms in total. The van der Waals surface area contributed by atoms with Crippen molar-refractivity contribution in [3.8, 4) is 6.07 Å². The van der Waals surface area contributed by atoms with Crippen LogP contribution in [0.15, 0.2) is 29.6 Å². The number of nitrogens with zero attached hydrogens (tertiary/aromatic N) is 4. The zero-order chi connectivity index (χ0) is 20.1. The van der Waals surface area contributed by atoms with Crippen LogP contribution < -0.4 is 5.01 Å². The van der Waals surface area contributed by atoms with Gasteiger partial charge in [-0.1, -0.05) is 52.3 Å². The lowest BCUT2D eigenvalue weighted by molar-refractivity contribution is 0.568.